The van der Waals surface area contributed by atoms with Gasteiger partial charge in [-0.05, 0) is 48.9 Å². The number of imidazole rings is 1. The fourth-order valence-corrected chi connectivity index (χ4v) is 4.65. The van der Waals surface area contributed by atoms with Gasteiger partial charge >= 0.3 is 0 Å². The Labute approximate surface area is 194 Å². The van der Waals surface area contributed by atoms with Crippen LogP contribution in [0.3, 0.4) is 0 Å². The average molecular weight is 455 g/mol. The Hall–Kier alpha value is -4.09. The first-order valence-electron chi connectivity index (χ1n) is 10.4. The second-order valence-corrected chi connectivity index (χ2v) is 8.45. The largest absolute Gasteiger partial charge is 0.305 e. The molecule has 5 rings (SSSR count). The first kappa shape index (κ1) is 20.8. The van der Waals surface area contributed by atoms with Gasteiger partial charge in [0, 0.05) is 42.3 Å². The average Bonchev–Trinajstić information content (AvgIpc) is 3.46. The zero-order chi connectivity index (χ0) is 22.9. The van der Waals surface area contributed by atoms with Crippen molar-refractivity contribution in [2.45, 2.75) is 13.3 Å². The van der Waals surface area contributed by atoms with E-state index in [0.29, 0.717) is 21.3 Å². The van der Waals surface area contributed by atoms with E-state index in [1.807, 2.05) is 53.0 Å². The van der Waals surface area contributed by atoms with Crippen LogP contribution in [-0.2, 0) is 6.42 Å². The minimum Gasteiger partial charge on any atom is -0.305 e. The molecule has 8 heteroatoms. The molecule has 0 atom stereocenters. The molecule has 0 aliphatic rings. The van der Waals surface area contributed by atoms with E-state index in [0.717, 1.165) is 34.7 Å². The second kappa shape index (κ2) is 8.45. The lowest BCUT2D eigenvalue weighted by Gasteiger charge is -2.17. The Morgan fingerprint density at radius 1 is 1.06 bits per heavy atom. The third-order valence-electron chi connectivity index (χ3n) is 5.43. The van der Waals surface area contributed by atoms with Crippen LogP contribution < -0.4 is 4.90 Å². The van der Waals surface area contributed by atoms with E-state index in [4.69, 9.17) is 9.97 Å². The molecule has 6 nitrogen and oxygen atoms in total. The van der Waals surface area contributed by atoms with E-state index in [1.54, 1.807) is 18.3 Å². The van der Waals surface area contributed by atoms with Gasteiger partial charge in [0.1, 0.15) is 33.9 Å². The molecule has 0 saturated carbocycles. The third-order valence-corrected chi connectivity index (χ3v) is 6.47. The molecule has 0 amide bonds. The van der Waals surface area contributed by atoms with Crippen molar-refractivity contribution in [2.75, 3.05) is 11.9 Å². The van der Waals surface area contributed by atoms with Crippen molar-refractivity contribution in [3.63, 3.8) is 0 Å². The van der Waals surface area contributed by atoms with Crippen LogP contribution >= 0.6 is 11.3 Å². The Morgan fingerprint density at radius 2 is 1.85 bits per heavy atom. The van der Waals surface area contributed by atoms with Gasteiger partial charge in [-0.2, -0.15) is 5.26 Å². The molecule has 162 valence electrons. The van der Waals surface area contributed by atoms with Crippen LogP contribution in [0.5, 0.6) is 0 Å². The highest BCUT2D eigenvalue weighted by Crippen LogP contribution is 2.37. The molecule has 5 aromatic rings. The van der Waals surface area contributed by atoms with Crippen LogP contribution in [0.2, 0.25) is 0 Å². The van der Waals surface area contributed by atoms with Gasteiger partial charge in [0.15, 0.2) is 5.13 Å². The monoisotopic (exact) mass is 454 g/mol. The molecule has 0 fully saturated rings. The topological polar surface area (TPSA) is 70.1 Å². The number of halogens is 1. The molecule has 0 bridgehead atoms. The van der Waals surface area contributed by atoms with Gasteiger partial charge in [-0.15, -0.1) is 0 Å². The van der Waals surface area contributed by atoms with Gasteiger partial charge in [-0.3, -0.25) is 9.38 Å². The minimum absolute atomic E-state index is 0.326. The van der Waals surface area contributed by atoms with Crippen LogP contribution in [0.15, 0.2) is 67.1 Å². The first-order valence-corrected chi connectivity index (χ1v) is 11.2. The number of benzene rings is 1. The van der Waals surface area contributed by atoms with Crippen LogP contribution in [0.4, 0.5) is 15.3 Å². The SMILES string of the molecule is CCc1nc2ccc(-c3cccnc3)cn2c1N(C)c1nc(-c2ccc(F)cc2)c(C#N)s1. The summed E-state index contributed by atoms with van der Waals surface area (Å²) in [5.41, 5.74) is 5.05. The van der Waals surface area contributed by atoms with E-state index in [1.165, 1.54) is 23.5 Å². The standard InChI is InChI=1S/C25H19FN6S/c1-3-20-24(32-15-18(8-11-22(32)29-20)17-5-4-12-28-14-17)31(2)25-30-23(21(13-27)33-25)16-6-9-19(26)10-7-16/h4-12,14-15H,3H2,1-2H3. The fraction of sp³-hybridized carbons (Fsp3) is 0.120. The lowest BCUT2D eigenvalue weighted by atomic mass is 10.1. The van der Waals surface area contributed by atoms with Crippen molar-refractivity contribution in [1.29, 1.82) is 5.26 Å². The molecule has 0 spiro atoms. The molecule has 0 aliphatic heterocycles. The Balaban J connectivity index is 1.63. The maximum Gasteiger partial charge on any atom is 0.192 e. The Kier molecular flexibility index (Phi) is 5.32. The highest BCUT2D eigenvalue weighted by Gasteiger charge is 2.22. The Bertz CT molecular complexity index is 1480. The molecule has 1 aromatic carbocycles. The van der Waals surface area contributed by atoms with Gasteiger partial charge < -0.3 is 4.90 Å². The lowest BCUT2D eigenvalue weighted by molar-refractivity contribution is 0.628. The summed E-state index contributed by atoms with van der Waals surface area (Å²) in [4.78, 5) is 16.2. The number of hydrogen-bond donors (Lipinski definition) is 0. The number of nitriles is 1. The number of anilines is 2. The summed E-state index contributed by atoms with van der Waals surface area (Å²) in [6, 6.07) is 16.2. The summed E-state index contributed by atoms with van der Waals surface area (Å²) in [7, 11) is 1.92. The first-order chi connectivity index (χ1) is 16.1. The zero-order valence-corrected chi connectivity index (χ0v) is 18.8. The molecular formula is C25H19FN6S. The predicted octanol–water partition coefficient (Wildman–Crippen LogP) is 5.86. The van der Waals surface area contributed by atoms with Gasteiger partial charge in [0.25, 0.3) is 0 Å². The molecule has 0 radical (unpaired) electrons. The molecule has 4 aromatic heterocycles. The number of thiazole rings is 1. The van der Waals surface area contributed by atoms with Crippen LogP contribution in [0.1, 0.15) is 17.5 Å². The van der Waals surface area contributed by atoms with Crippen molar-refractivity contribution < 1.29 is 4.39 Å². The predicted molar refractivity (Wildman–Crippen MR) is 128 cm³/mol. The van der Waals surface area contributed by atoms with E-state index >= 15 is 0 Å². The number of aromatic nitrogens is 4. The van der Waals surface area contributed by atoms with E-state index in [9.17, 15) is 9.65 Å². The van der Waals surface area contributed by atoms with Gasteiger partial charge in [-0.1, -0.05) is 24.3 Å². The lowest BCUT2D eigenvalue weighted by Crippen LogP contribution is -2.13. The van der Waals surface area contributed by atoms with E-state index in [2.05, 4.69) is 18.0 Å². The highest BCUT2D eigenvalue weighted by molar-refractivity contribution is 7.16. The van der Waals surface area contributed by atoms with Gasteiger partial charge in [0.05, 0.1) is 5.69 Å². The molecular weight excluding hydrogens is 435 g/mol. The maximum absolute atomic E-state index is 13.4. The number of fused-ring (bicyclic) bond motifs is 1. The van der Waals surface area contributed by atoms with Gasteiger partial charge in [-0.25, -0.2) is 14.4 Å². The number of rotatable bonds is 5. The van der Waals surface area contributed by atoms with Crippen LogP contribution in [0, 0.1) is 17.1 Å². The molecule has 0 N–H and O–H groups in total. The van der Waals surface area contributed by atoms with Crippen molar-refractivity contribution in [1.82, 2.24) is 19.4 Å². The van der Waals surface area contributed by atoms with Crippen molar-refractivity contribution in [3.8, 4) is 28.5 Å². The van der Waals surface area contributed by atoms with Crippen LogP contribution in [0.25, 0.3) is 28.0 Å². The summed E-state index contributed by atoms with van der Waals surface area (Å²) >= 11 is 1.30. The van der Waals surface area contributed by atoms with E-state index in [-0.39, 0.29) is 5.82 Å². The van der Waals surface area contributed by atoms with E-state index < -0.39 is 0 Å². The maximum atomic E-state index is 13.4. The molecule has 0 aliphatic carbocycles. The second-order valence-electron chi connectivity index (χ2n) is 7.48. The zero-order valence-electron chi connectivity index (χ0n) is 18.0. The Morgan fingerprint density at radius 3 is 2.55 bits per heavy atom. The minimum atomic E-state index is -0.326. The highest BCUT2D eigenvalue weighted by atomic mass is 32.1. The fourth-order valence-electron chi connectivity index (χ4n) is 3.80. The quantitative estimate of drug-likeness (QED) is 0.333. The number of hydrogen-bond acceptors (Lipinski definition) is 6. The van der Waals surface area contributed by atoms with Crippen LogP contribution in [-0.4, -0.2) is 26.4 Å². The smallest absolute Gasteiger partial charge is 0.192 e. The van der Waals surface area contributed by atoms with Gasteiger partial charge in [0.2, 0.25) is 0 Å². The summed E-state index contributed by atoms with van der Waals surface area (Å²) in [6.07, 6.45) is 6.37. The number of pyridine rings is 2. The number of aryl methyl sites for hydroxylation is 1. The van der Waals surface area contributed by atoms with Crippen molar-refractivity contribution in [3.05, 3.63) is 83.5 Å². The summed E-state index contributed by atoms with van der Waals surface area (Å²) < 4.78 is 15.4. The third kappa shape index (κ3) is 3.73. The summed E-state index contributed by atoms with van der Waals surface area (Å²) in [5, 5.41) is 10.4. The summed E-state index contributed by atoms with van der Waals surface area (Å²) in [5.74, 6) is 0.565. The molecule has 0 saturated heterocycles. The number of nitrogens with zero attached hydrogens (tertiary/aromatic N) is 6. The molecule has 0 unspecified atom stereocenters. The summed E-state index contributed by atoms with van der Waals surface area (Å²) in [6.45, 7) is 2.06. The normalized spacial score (nSPS) is 11.0. The van der Waals surface area contributed by atoms with Crippen molar-refractivity contribution in [2.24, 2.45) is 0 Å². The molecule has 4 heterocycles. The molecule has 33 heavy (non-hydrogen) atoms. The van der Waals surface area contributed by atoms with Crippen molar-refractivity contribution >= 4 is 27.9 Å².